The topological polar surface area (TPSA) is 58.9 Å². The zero-order chi connectivity index (χ0) is 18.3. The lowest BCUT2D eigenvalue weighted by atomic mass is 10.1. The Kier molecular flexibility index (Phi) is 4.17. The smallest absolute Gasteiger partial charge is 0.243 e. The first-order chi connectivity index (χ1) is 12.5. The van der Waals surface area contributed by atoms with Crippen LogP contribution >= 0.6 is 0 Å². The van der Waals surface area contributed by atoms with Gasteiger partial charge in [0.2, 0.25) is 15.8 Å². The van der Waals surface area contributed by atoms with Gasteiger partial charge in [-0.1, -0.05) is 18.2 Å². The van der Waals surface area contributed by atoms with Crippen LogP contribution < -0.4 is 0 Å². The van der Waals surface area contributed by atoms with E-state index in [1.54, 1.807) is 18.2 Å². The molecule has 134 valence electrons. The van der Waals surface area contributed by atoms with Crippen LogP contribution in [0.15, 0.2) is 59.6 Å². The summed E-state index contributed by atoms with van der Waals surface area (Å²) in [6.07, 6.45) is 3.61. The van der Waals surface area contributed by atoms with Crippen molar-refractivity contribution in [2.24, 2.45) is 0 Å². The van der Waals surface area contributed by atoms with E-state index in [0.717, 1.165) is 23.9 Å². The summed E-state index contributed by atoms with van der Waals surface area (Å²) >= 11 is 0. The van der Waals surface area contributed by atoms with Crippen LogP contribution in [-0.4, -0.2) is 36.0 Å². The molecule has 1 aliphatic rings. The zero-order valence-corrected chi connectivity index (χ0v) is 15.4. The SMILES string of the molecule is Cc1cc2ccccn2c1C(=O)c1cccc(S(=O)(=O)N2CCCC2)c1. The zero-order valence-electron chi connectivity index (χ0n) is 14.6. The van der Waals surface area contributed by atoms with Gasteiger partial charge in [-0.25, -0.2) is 8.42 Å². The second-order valence-electron chi connectivity index (χ2n) is 6.64. The van der Waals surface area contributed by atoms with E-state index >= 15 is 0 Å². The third-order valence-corrected chi connectivity index (χ3v) is 6.78. The number of aryl methyl sites for hydroxylation is 1. The lowest BCUT2D eigenvalue weighted by molar-refractivity contribution is 0.103. The van der Waals surface area contributed by atoms with Crippen molar-refractivity contribution in [1.82, 2.24) is 8.71 Å². The van der Waals surface area contributed by atoms with Crippen molar-refractivity contribution >= 4 is 21.3 Å². The molecule has 0 unspecified atom stereocenters. The Labute approximate surface area is 152 Å². The third kappa shape index (κ3) is 2.75. The van der Waals surface area contributed by atoms with Crippen molar-refractivity contribution in [3.63, 3.8) is 0 Å². The predicted molar refractivity (Wildman–Crippen MR) is 100 cm³/mol. The lowest BCUT2D eigenvalue weighted by Gasteiger charge is -2.16. The average molecular weight is 368 g/mol. The Balaban J connectivity index is 1.77. The molecule has 0 radical (unpaired) electrons. The molecule has 0 aliphatic carbocycles. The molecule has 0 saturated carbocycles. The number of sulfonamides is 1. The molecule has 26 heavy (non-hydrogen) atoms. The van der Waals surface area contributed by atoms with Crippen molar-refractivity contribution < 1.29 is 13.2 Å². The second-order valence-corrected chi connectivity index (χ2v) is 8.58. The molecular weight excluding hydrogens is 348 g/mol. The minimum atomic E-state index is -3.54. The van der Waals surface area contributed by atoms with Crippen LogP contribution in [-0.2, 0) is 10.0 Å². The fourth-order valence-corrected chi connectivity index (χ4v) is 5.12. The Morgan fingerprint density at radius 1 is 1.00 bits per heavy atom. The standard InChI is InChI=1S/C20H20N2O3S/c1-15-13-17-8-2-3-12-22(17)19(15)20(23)16-7-6-9-18(14-16)26(24,25)21-10-4-5-11-21/h2-3,6-9,12-14H,4-5,10-11H2,1H3. The van der Waals surface area contributed by atoms with Gasteiger partial charge in [0.05, 0.1) is 10.6 Å². The highest BCUT2D eigenvalue weighted by Gasteiger charge is 2.28. The van der Waals surface area contributed by atoms with Gasteiger partial charge in [0.15, 0.2) is 0 Å². The highest BCUT2D eigenvalue weighted by molar-refractivity contribution is 7.89. The second kappa shape index (κ2) is 6.37. The van der Waals surface area contributed by atoms with Gasteiger partial charge in [-0.2, -0.15) is 4.31 Å². The van der Waals surface area contributed by atoms with E-state index < -0.39 is 10.0 Å². The van der Waals surface area contributed by atoms with E-state index in [2.05, 4.69) is 0 Å². The first kappa shape index (κ1) is 17.0. The lowest BCUT2D eigenvalue weighted by Crippen LogP contribution is -2.28. The minimum Gasteiger partial charge on any atom is -0.313 e. The predicted octanol–water partition coefficient (Wildman–Crippen LogP) is 3.26. The van der Waals surface area contributed by atoms with Crippen LogP contribution in [0.3, 0.4) is 0 Å². The largest absolute Gasteiger partial charge is 0.313 e. The highest BCUT2D eigenvalue weighted by Crippen LogP contribution is 2.24. The number of fused-ring (bicyclic) bond motifs is 1. The summed E-state index contributed by atoms with van der Waals surface area (Å²) in [5.41, 5.74) is 2.76. The molecule has 1 aliphatic heterocycles. The summed E-state index contributed by atoms with van der Waals surface area (Å²) in [6, 6.07) is 14.1. The number of nitrogens with zero attached hydrogens (tertiary/aromatic N) is 2. The number of aromatic nitrogens is 1. The molecule has 1 aromatic carbocycles. The Bertz CT molecular complexity index is 1090. The van der Waals surface area contributed by atoms with Crippen molar-refractivity contribution in [2.75, 3.05) is 13.1 Å². The molecule has 0 atom stereocenters. The number of pyridine rings is 1. The number of rotatable bonds is 4. The third-order valence-electron chi connectivity index (χ3n) is 4.88. The Morgan fingerprint density at radius 2 is 1.77 bits per heavy atom. The number of hydrogen-bond donors (Lipinski definition) is 0. The van der Waals surface area contributed by atoms with Crippen LogP contribution in [0, 0.1) is 6.92 Å². The average Bonchev–Trinajstić information content (AvgIpc) is 3.29. The monoisotopic (exact) mass is 368 g/mol. The molecule has 1 fully saturated rings. The molecule has 4 rings (SSSR count). The summed E-state index contributed by atoms with van der Waals surface area (Å²) in [7, 11) is -3.54. The van der Waals surface area contributed by atoms with E-state index in [9.17, 15) is 13.2 Å². The molecule has 1 saturated heterocycles. The molecule has 3 heterocycles. The fraction of sp³-hybridized carbons (Fsp3) is 0.250. The maximum Gasteiger partial charge on any atom is 0.243 e. The Hall–Kier alpha value is -2.44. The normalized spacial score (nSPS) is 15.6. The van der Waals surface area contributed by atoms with Crippen molar-refractivity contribution in [3.8, 4) is 0 Å². The summed E-state index contributed by atoms with van der Waals surface area (Å²) in [4.78, 5) is 13.3. The van der Waals surface area contributed by atoms with Gasteiger partial charge < -0.3 is 4.40 Å². The molecule has 0 N–H and O–H groups in total. The molecule has 0 bridgehead atoms. The van der Waals surface area contributed by atoms with Crippen molar-refractivity contribution in [2.45, 2.75) is 24.7 Å². The van der Waals surface area contributed by atoms with Crippen molar-refractivity contribution in [3.05, 3.63) is 71.5 Å². The Morgan fingerprint density at radius 3 is 2.54 bits per heavy atom. The fourth-order valence-electron chi connectivity index (χ4n) is 3.56. The van der Waals surface area contributed by atoms with E-state index in [-0.39, 0.29) is 10.7 Å². The van der Waals surface area contributed by atoms with Crippen LogP contribution in [0.4, 0.5) is 0 Å². The van der Waals surface area contributed by atoms with Gasteiger partial charge in [-0.15, -0.1) is 0 Å². The highest BCUT2D eigenvalue weighted by atomic mass is 32.2. The van der Waals surface area contributed by atoms with Gasteiger partial charge in [0.25, 0.3) is 0 Å². The molecule has 3 aromatic rings. The molecule has 0 spiro atoms. The summed E-state index contributed by atoms with van der Waals surface area (Å²) in [6.45, 7) is 2.98. The summed E-state index contributed by atoms with van der Waals surface area (Å²) in [5, 5.41) is 0. The van der Waals surface area contributed by atoms with Gasteiger partial charge in [-0.05, 0) is 55.7 Å². The van der Waals surface area contributed by atoms with Gasteiger partial charge >= 0.3 is 0 Å². The van der Waals surface area contributed by atoms with Crippen LogP contribution in [0.25, 0.3) is 5.52 Å². The maximum atomic E-state index is 13.1. The first-order valence-electron chi connectivity index (χ1n) is 8.70. The van der Waals surface area contributed by atoms with Gasteiger partial charge in [-0.3, -0.25) is 4.79 Å². The summed E-state index contributed by atoms with van der Waals surface area (Å²) < 4.78 is 28.9. The quantitative estimate of drug-likeness (QED) is 0.664. The molecule has 2 aromatic heterocycles. The van der Waals surface area contributed by atoms with Gasteiger partial charge in [0, 0.05) is 30.4 Å². The van der Waals surface area contributed by atoms with Crippen LogP contribution in [0.2, 0.25) is 0 Å². The molecule has 5 nitrogen and oxygen atoms in total. The van der Waals surface area contributed by atoms with E-state index in [1.165, 1.54) is 10.4 Å². The maximum absolute atomic E-state index is 13.1. The van der Waals surface area contributed by atoms with Crippen LogP contribution in [0.5, 0.6) is 0 Å². The van der Waals surface area contributed by atoms with E-state index in [0.29, 0.717) is 24.3 Å². The van der Waals surface area contributed by atoms with Gasteiger partial charge in [0.1, 0.15) is 0 Å². The summed E-state index contributed by atoms with van der Waals surface area (Å²) in [5.74, 6) is -0.174. The minimum absolute atomic E-state index is 0.174. The molecular formula is C20H20N2O3S. The number of hydrogen-bond acceptors (Lipinski definition) is 3. The number of carbonyl (C=O) groups excluding carboxylic acids is 1. The number of ketones is 1. The molecule has 0 amide bonds. The molecule has 6 heteroatoms. The van der Waals surface area contributed by atoms with Crippen LogP contribution in [0.1, 0.15) is 34.5 Å². The van der Waals surface area contributed by atoms with Crippen molar-refractivity contribution in [1.29, 1.82) is 0 Å². The number of benzene rings is 1. The number of carbonyl (C=O) groups is 1. The van der Waals surface area contributed by atoms with E-state index in [4.69, 9.17) is 0 Å². The first-order valence-corrected chi connectivity index (χ1v) is 10.1. The van der Waals surface area contributed by atoms with E-state index in [1.807, 2.05) is 41.8 Å².